The molecule has 2 N–H and O–H groups in total. The molecule has 0 saturated carbocycles. The molecule has 1 aromatic rings. The van der Waals surface area contributed by atoms with E-state index in [1.165, 1.54) is 12.1 Å². The molecular weight excluding hydrogens is 227 g/mol. The minimum absolute atomic E-state index is 0.0706. The highest BCUT2D eigenvalue weighted by molar-refractivity contribution is 5.71. The third-order valence-electron chi connectivity index (χ3n) is 1.87. The predicted molar refractivity (Wildman–Crippen MR) is 56.9 cm³/mol. The summed E-state index contributed by atoms with van der Waals surface area (Å²) in [6.07, 6.45) is -0.715. The zero-order chi connectivity index (χ0) is 12.8. The lowest BCUT2D eigenvalue weighted by molar-refractivity contribution is -0.137. The van der Waals surface area contributed by atoms with Gasteiger partial charge in [0.15, 0.2) is 0 Å². The summed E-state index contributed by atoms with van der Waals surface area (Å²) in [5.74, 6) is 2.01. The van der Waals surface area contributed by atoms with Crippen molar-refractivity contribution in [3.8, 4) is 11.8 Å². The van der Waals surface area contributed by atoms with Crippen LogP contribution in [-0.4, -0.2) is 22.2 Å². The first-order valence-electron chi connectivity index (χ1n) is 4.70. The molecule has 0 bridgehead atoms. The van der Waals surface area contributed by atoms with E-state index >= 15 is 0 Å². The van der Waals surface area contributed by atoms with Crippen molar-refractivity contribution in [2.45, 2.75) is 12.8 Å². The summed E-state index contributed by atoms with van der Waals surface area (Å²) in [6.45, 7) is 0. The Balaban J connectivity index is 2.84. The highest BCUT2D eigenvalue weighted by atomic mass is 19.1. The summed E-state index contributed by atoms with van der Waals surface area (Å²) in [6, 6.07) is 3.87. The Bertz CT molecular complexity index is 511. The lowest BCUT2D eigenvalue weighted by atomic mass is 10.1. The number of hydrogen-bond donors (Lipinski definition) is 2. The van der Waals surface area contributed by atoms with Crippen molar-refractivity contribution >= 4 is 11.9 Å². The van der Waals surface area contributed by atoms with Gasteiger partial charge in [0.2, 0.25) is 0 Å². The molecule has 1 aromatic carbocycles. The molecular formula is C12H9FO4. The molecule has 0 aliphatic rings. The van der Waals surface area contributed by atoms with E-state index in [2.05, 4.69) is 11.8 Å². The summed E-state index contributed by atoms with van der Waals surface area (Å²) in [7, 11) is 0. The average molecular weight is 236 g/mol. The number of carbonyl (C=O) groups is 2. The molecule has 0 aliphatic carbocycles. The zero-order valence-corrected chi connectivity index (χ0v) is 8.74. The molecule has 0 spiro atoms. The van der Waals surface area contributed by atoms with Crippen molar-refractivity contribution in [3.05, 3.63) is 35.1 Å². The van der Waals surface area contributed by atoms with Crippen LogP contribution in [0.2, 0.25) is 0 Å². The van der Waals surface area contributed by atoms with Crippen LogP contribution in [0.4, 0.5) is 4.39 Å². The molecule has 88 valence electrons. The molecule has 0 unspecified atom stereocenters. The molecule has 0 aromatic heterocycles. The third-order valence-corrected chi connectivity index (χ3v) is 1.87. The van der Waals surface area contributed by atoms with E-state index in [1.807, 2.05) is 0 Å². The van der Waals surface area contributed by atoms with Gasteiger partial charge in [0.05, 0.1) is 6.42 Å². The Morgan fingerprint density at radius 3 is 2.47 bits per heavy atom. The Kier molecular flexibility index (Phi) is 4.23. The fraction of sp³-hybridized carbons (Fsp3) is 0.167. The van der Waals surface area contributed by atoms with E-state index in [-0.39, 0.29) is 12.0 Å². The number of hydrogen-bond acceptors (Lipinski definition) is 2. The van der Waals surface area contributed by atoms with E-state index in [4.69, 9.17) is 10.2 Å². The van der Waals surface area contributed by atoms with Gasteiger partial charge in [-0.1, -0.05) is 17.9 Å². The van der Waals surface area contributed by atoms with Gasteiger partial charge in [-0.2, -0.15) is 0 Å². The van der Waals surface area contributed by atoms with Crippen LogP contribution < -0.4 is 0 Å². The Morgan fingerprint density at radius 1 is 1.24 bits per heavy atom. The average Bonchev–Trinajstić information content (AvgIpc) is 2.21. The SMILES string of the molecule is O=C(O)CC#Cc1ccc(CC(=O)O)c(F)c1. The van der Waals surface area contributed by atoms with Gasteiger partial charge in [0.1, 0.15) is 12.2 Å². The Morgan fingerprint density at radius 2 is 1.94 bits per heavy atom. The normalized spacial score (nSPS) is 9.24. The second kappa shape index (κ2) is 5.66. The van der Waals surface area contributed by atoms with Crippen molar-refractivity contribution in [2.24, 2.45) is 0 Å². The van der Waals surface area contributed by atoms with E-state index in [1.54, 1.807) is 0 Å². The third kappa shape index (κ3) is 4.34. The van der Waals surface area contributed by atoms with Crippen LogP contribution in [-0.2, 0) is 16.0 Å². The van der Waals surface area contributed by atoms with Gasteiger partial charge in [-0.25, -0.2) is 4.39 Å². The Hall–Kier alpha value is -2.35. The molecule has 0 saturated heterocycles. The number of carboxylic acids is 2. The topological polar surface area (TPSA) is 74.6 Å². The molecule has 0 heterocycles. The smallest absolute Gasteiger partial charge is 0.315 e. The quantitative estimate of drug-likeness (QED) is 0.775. The summed E-state index contributed by atoms with van der Waals surface area (Å²) in [4.78, 5) is 20.6. The fourth-order valence-corrected chi connectivity index (χ4v) is 1.15. The van der Waals surface area contributed by atoms with Gasteiger partial charge in [-0.3, -0.25) is 9.59 Å². The summed E-state index contributed by atoms with van der Waals surface area (Å²) < 4.78 is 13.3. The van der Waals surface area contributed by atoms with Crippen LogP contribution in [0.5, 0.6) is 0 Å². The summed E-state index contributed by atoms with van der Waals surface area (Å²) in [5.41, 5.74) is 0.388. The molecule has 0 fully saturated rings. The monoisotopic (exact) mass is 236 g/mol. The van der Waals surface area contributed by atoms with E-state index in [0.717, 1.165) is 6.07 Å². The van der Waals surface area contributed by atoms with E-state index in [9.17, 15) is 14.0 Å². The minimum atomic E-state index is -1.12. The van der Waals surface area contributed by atoms with Gasteiger partial charge in [-0.15, -0.1) is 0 Å². The lowest BCUT2D eigenvalue weighted by Crippen LogP contribution is -2.02. The van der Waals surface area contributed by atoms with Gasteiger partial charge in [-0.05, 0) is 17.7 Å². The number of halogens is 1. The number of aliphatic carboxylic acids is 2. The number of benzene rings is 1. The molecule has 0 aliphatic heterocycles. The number of rotatable bonds is 3. The van der Waals surface area contributed by atoms with E-state index < -0.39 is 24.2 Å². The van der Waals surface area contributed by atoms with Crippen LogP contribution in [0.15, 0.2) is 18.2 Å². The van der Waals surface area contributed by atoms with E-state index in [0.29, 0.717) is 5.56 Å². The minimum Gasteiger partial charge on any atom is -0.481 e. The number of carboxylic acid groups (broad SMARTS) is 2. The molecule has 5 heteroatoms. The maximum absolute atomic E-state index is 13.3. The first-order valence-corrected chi connectivity index (χ1v) is 4.70. The summed E-state index contributed by atoms with van der Waals surface area (Å²) >= 11 is 0. The van der Waals surface area contributed by atoms with Gasteiger partial charge in [0, 0.05) is 5.56 Å². The van der Waals surface area contributed by atoms with Gasteiger partial charge in [0.25, 0.3) is 0 Å². The lowest BCUT2D eigenvalue weighted by Gasteiger charge is -1.99. The molecule has 1 rings (SSSR count). The van der Waals surface area contributed by atoms with Crippen LogP contribution in [0.25, 0.3) is 0 Å². The second-order valence-corrected chi connectivity index (χ2v) is 3.25. The standard InChI is InChI=1S/C12H9FO4/c13-10-6-8(2-1-3-11(14)15)4-5-9(10)7-12(16)17/h4-6H,3,7H2,(H,14,15)(H,16,17). The van der Waals surface area contributed by atoms with Gasteiger partial charge < -0.3 is 10.2 Å². The first kappa shape index (κ1) is 12.7. The molecule has 0 radical (unpaired) electrons. The maximum atomic E-state index is 13.3. The molecule has 17 heavy (non-hydrogen) atoms. The largest absolute Gasteiger partial charge is 0.481 e. The Labute approximate surface area is 96.7 Å². The highest BCUT2D eigenvalue weighted by Gasteiger charge is 2.06. The maximum Gasteiger partial charge on any atom is 0.315 e. The van der Waals surface area contributed by atoms with Crippen molar-refractivity contribution in [2.75, 3.05) is 0 Å². The van der Waals surface area contributed by atoms with Crippen molar-refractivity contribution in [3.63, 3.8) is 0 Å². The molecule has 0 amide bonds. The van der Waals surface area contributed by atoms with Crippen LogP contribution >= 0.6 is 0 Å². The van der Waals surface area contributed by atoms with Crippen molar-refractivity contribution < 1.29 is 24.2 Å². The predicted octanol–water partition coefficient (Wildman–Crippen LogP) is 1.28. The molecule has 0 atom stereocenters. The van der Waals surface area contributed by atoms with Crippen LogP contribution in [0, 0.1) is 17.7 Å². The van der Waals surface area contributed by atoms with Crippen LogP contribution in [0.1, 0.15) is 17.5 Å². The summed E-state index contributed by atoms with van der Waals surface area (Å²) in [5, 5.41) is 16.9. The van der Waals surface area contributed by atoms with Gasteiger partial charge >= 0.3 is 11.9 Å². The first-order chi connectivity index (χ1) is 7.99. The second-order valence-electron chi connectivity index (χ2n) is 3.25. The zero-order valence-electron chi connectivity index (χ0n) is 8.74. The molecule has 4 nitrogen and oxygen atoms in total. The highest BCUT2D eigenvalue weighted by Crippen LogP contribution is 2.10. The van der Waals surface area contributed by atoms with Crippen LogP contribution in [0.3, 0.4) is 0 Å². The fourth-order valence-electron chi connectivity index (χ4n) is 1.15. The van der Waals surface area contributed by atoms with Crippen molar-refractivity contribution in [1.29, 1.82) is 0 Å². The van der Waals surface area contributed by atoms with Crippen molar-refractivity contribution in [1.82, 2.24) is 0 Å².